The molecule has 0 unspecified atom stereocenters. The van der Waals surface area contributed by atoms with Crippen molar-refractivity contribution in [1.29, 1.82) is 0 Å². The molecule has 0 aliphatic rings. The zero-order chi connectivity index (χ0) is 11.4. The first kappa shape index (κ1) is 10.6. The van der Waals surface area contributed by atoms with E-state index in [9.17, 15) is 4.39 Å². The summed E-state index contributed by atoms with van der Waals surface area (Å²) in [6.07, 6.45) is 1.72. The van der Waals surface area contributed by atoms with Crippen molar-refractivity contribution in [2.75, 3.05) is 11.9 Å². The zero-order valence-electron chi connectivity index (χ0n) is 9.07. The predicted octanol–water partition coefficient (Wildman–Crippen LogP) is 3.32. The number of nitrogens with zero attached hydrogens (tertiary/aromatic N) is 1. The van der Waals surface area contributed by atoms with E-state index in [1.165, 1.54) is 12.1 Å². The van der Waals surface area contributed by atoms with E-state index in [0.717, 1.165) is 23.5 Å². The molecule has 0 aliphatic carbocycles. The molecule has 1 aromatic carbocycles. The van der Waals surface area contributed by atoms with Gasteiger partial charge in [-0.25, -0.2) is 4.39 Å². The number of hydrogen-bond acceptors (Lipinski definition) is 2. The average molecular weight is 216 g/mol. The van der Waals surface area contributed by atoms with Gasteiger partial charge in [-0.05, 0) is 31.2 Å². The Hall–Kier alpha value is -1.90. The SMILES string of the molecule is CCNc1ccnc(-c2cccc(F)c2)c1. The van der Waals surface area contributed by atoms with Crippen molar-refractivity contribution < 1.29 is 4.39 Å². The first-order valence-electron chi connectivity index (χ1n) is 5.25. The second kappa shape index (κ2) is 4.75. The van der Waals surface area contributed by atoms with Crippen LogP contribution in [0.25, 0.3) is 11.3 Å². The first-order chi connectivity index (χ1) is 7.79. The van der Waals surface area contributed by atoms with Crippen LogP contribution in [0.4, 0.5) is 10.1 Å². The molecule has 3 heteroatoms. The third kappa shape index (κ3) is 2.37. The van der Waals surface area contributed by atoms with Crippen LogP contribution in [0.15, 0.2) is 42.6 Å². The highest BCUT2D eigenvalue weighted by Gasteiger charge is 2.01. The molecule has 0 radical (unpaired) electrons. The van der Waals surface area contributed by atoms with Crippen LogP contribution in [0.3, 0.4) is 0 Å². The molecule has 1 heterocycles. The molecule has 2 aromatic rings. The fourth-order valence-electron chi connectivity index (χ4n) is 1.55. The standard InChI is InChI=1S/C13H13FN2/c1-2-15-12-6-7-16-13(9-12)10-4-3-5-11(14)8-10/h3-9H,2H2,1H3,(H,15,16). The molecule has 1 aromatic heterocycles. The van der Waals surface area contributed by atoms with Crippen LogP contribution in [-0.2, 0) is 0 Å². The summed E-state index contributed by atoms with van der Waals surface area (Å²) in [6.45, 7) is 2.88. The second-order valence-electron chi connectivity index (χ2n) is 3.47. The summed E-state index contributed by atoms with van der Waals surface area (Å²) in [5, 5.41) is 3.20. The molecular formula is C13H13FN2. The van der Waals surface area contributed by atoms with Crippen LogP contribution in [0.1, 0.15) is 6.92 Å². The number of nitrogens with one attached hydrogen (secondary N) is 1. The Morgan fingerprint density at radius 1 is 1.25 bits per heavy atom. The quantitative estimate of drug-likeness (QED) is 0.851. The molecule has 0 bridgehead atoms. The molecule has 0 atom stereocenters. The number of aromatic nitrogens is 1. The van der Waals surface area contributed by atoms with Crippen LogP contribution >= 0.6 is 0 Å². The highest BCUT2D eigenvalue weighted by atomic mass is 19.1. The number of hydrogen-bond donors (Lipinski definition) is 1. The number of rotatable bonds is 3. The van der Waals surface area contributed by atoms with Gasteiger partial charge in [0.05, 0.1) is 5.69 Å². The molecule has 0 saturated carbocycles. The van der Waals surface area contributed by atoms with Crippen molar-refractivity contribution in [2.24, 2.45) is 0 Å². The van der Waals surface area contributed by atoms with Gasteiger partial charge in [0, 0.05) is 24.0 Å². The summed E-state index contributed by atoms with van der Waals surface area (Å²) in [6, 6.07) is 10.3. The van der Waals surface area contributed by atoms with Crippen molar-refractivity contribution in [3.63, 3.8) is 0 Å². The van der Waals surface area contributed by atoms with Gasteiger partial charge in [-0.15, -0.1) is 0 Å². The van der Waals surface area contributed by atoms with Crippen LogP contribution < -0.4 is 5.32 Å². The predicted molar refractivity (Wildman–Crippen MR) is 63.8 cm³/mol. The number of anilines is 1. The third-order valence-electron chi connectivity index (χ3n) is 2.26. The topological polar surface area (TPSA) is 24.9 Å². The van der Waals surface area contributed by atoms with Gasteiger partial charge in [-0.2, -0.15) is 0 Å². The first-order valence-corrected chi connectivity index (χ1v) is 5.25. The lowest BCUT2D eigenvalue weighted by molar-refractivity contribution is 0.628. The molecule has 0 amide bonds. The van der Waals surface area contributed by atoms with Crippen LogP contribution in [0.5, 0.6) is 0 Å². The Morgan fingerprint density at radius 2 is 2.12 bits per heavy atom. The van der Waals surface area contributed by atoms with Crippen LogP contribution in [0.2, 0.25) is 0 Å². The van der Waals surface area contributed by atoms with Crippen molar-refractivity contribution in [1.82, 2.24) is 4.98 Å². The van der Waals surface area contributed by atoms with Crippen LogP contribution in [0, 0.1) is 5.82 Å². The maximum atomic E-state index is 13.1. The van der Waals surface area contributed by atoms with Crippen LogP contribution in [-0.4, -0.2) is 11.5 Å². The van der Waals surface area contributed by atoms with Crippen molar-refractivity contribution in [3.05, 3.63) is 48.4 Å². The van der Waals surface area contributed by atoms with E-state index in [0.29, 0.717) is 0 Å². The monoisotopic (exact) mass is 216 g/mol. The second-order valence-corrected chi connectivity index (χ2v) is 3.47. The smallest absolute Gasteiger partial charge is 0.123 e. The highest BCUT2D eigenvalue weighted by molar-refractivity contribution is 5.63. The summed E-state index contributed by atoms with van der Waals surface area (Å²) in [5.41, 5.74) is 2.56. The van der Waals surface area contributed by atoms with Gasteiger partial charge < -0.3 is 5.32 Å². The Morgan fingerprint density at radius 3 is 2.88 bits per heavy atom. The molecule has 16 heavy (non-hydrogen) atoms. The van der Waals surface area contributed by atoms with Gasteiger partial charge in [0.2, 0.25) is 0 Å². The fourth-order valence-corrected chi connectivity index (χ4v) is 1.55. The highest BCUT2D eigenvalue weighted by Crippen LogP contribution is 2.20. The van der Waals surface area contributed by atoms with E-state index in [4.69, 9.17) is 0 Å². The normalized spacial score (nSPS) is 10.1. The maximum absolute atomic E-state index is 13.1. The molecular weight excluding hydrogens is 203 g/mol. The van der Waals surface area contributed by atoms with Gasteiger partial charge in [0.25, 0.3) is 0 Å². The number of pyridine rings is 1. The lowest BCUT2D eigenvalue weighted by atomic mass is 10.1. The Labute approximate surface area is 94.2 Å². The minimum absolute atomic E-state index is 0.242. The Kier molecular flexibility index (Phi) is 3.15. The largest absolute Gasteiger partial charge is 0.385 e. The molecule has 0 spiro atoms. The molecule has 0 saturated heterocycles. The van der Waals surface area contributed by atoms with Crippen molar-refractivity contribution >= 4 is 5.69 Å². The summed E-state index contributed by atoms with van der Waals surface area (Å²) in [5.74, 6) is -0.242. The maximum Gasteiger partial charge on any atom is 0.123 e. The van der Waals surface area contributed by atoms with Gasteiger partial charge in [0.1, 0.15) is 5.82 Å². The zero-order valence-corrected chi connectivity index (χ0v) is 9.07. The number of benzene rings is 1. The minimum Gasteiger partial charge on any atom is -0.385 e. The lowest BCUT2D eigenvalue weighted by Crippen LogP contribution is -1.97. The van der Waals surface area contributed by atoms with Gasteiger partial charge in [-0.3, -0.25) is 4.98 Å². The van der Waals surface area contributed by atoms with Crippen molar-refractivity contribution in [2.45, 2.75) is 6.92 Å². The average Bonchev–Trinajstić information content (AvgIpc) is 2.30. The lowest BCUT2D eigenvalue weighted by Gasteiger charge is -2.05. The van der Waals surface area contributed by atoms with Gasteiger partial charge in [-0.1, -0.05) is 12.1 Å². The molecule has 0 fully saturated rings. The van der Waals surface area contributed by atoms with E-state index >= 15 is 0 Å². The molecule has 0 aliphatic heterocycles. The Bertz CT molecular complexity index is 483. The van der Waals surface area contributed by atoms with E-state index in [2.05, 4.69) is 10.3 Å². The van der Waals surface area contributed by atoms with Gasteiger partial charge in [0.15, 0.2) is 0 Å². The molecule has 2 nitrogen and oxygen atoms in total. The van der Waals surface area contributed by atoms with E-state index < -0.39 is 0 Å². The Balaban J connectivity index is 2.36. The summed E-state index contributed by atoms with van der Waals surface area (Å²) < 4.78 is 13.1. The van der Waals surface area contributed by atoms with E-state index in [1.54, 1.807) is 12.3 Å². The summed E-state index contributed by atoms with van der Waals surface area (Å²) in [4.78, 5) is 4.23. The summed E-state index contributed by atoms with van der Waals surface area (Å²) >= 11 is 0. The fraction of sp³-hybridized carbons (Fsp3) is 0.154. The summed E-state index contributed by atoms with van der Waals surface area (Å²) in [7, 11) is 0. The number of halogens is 1. The minimum atomic E-state index is -0.242. The van der Waals surface area contributed by atoms with Crippen molar-refractivity contribution in [3.8, 4) is 11.3 Å². The van der Waals surface area contributed by atoms with E-state index in [-0.39, 0.29) is 5.82 Å². The molecule has 1 N–H and O–H groups in total. The molecule has 2 rings (SSSR count). The van der Waals surface area contributed by atoms with E-state index in [1.807, 2.05) is 25.1 Å². The molecule has 82 valence electrons. The third-order valence-corrected chi connectivity index (χ3v) is 2.26. The van der Waals surface area contributed by atoms with Gasteiger partial charge >= 0.3 is 0 Å².